The lowest BCUT2D eigenvalue weighted by molar-refractivity contribution is 0.431. The molecule has 2 rings (SSSR count). The van der Waals surface area contributed by atoms with E-state index in [9.17, 15) is 9.50 Å². The van der Waals surface area contributed by atoms with Crippen LogP contribution in [-0.2, 0) is 13.0 Å². The minimum atomic E-state index is -0.614. The Hall–Kier alpha value is -2.08. The molecule has 0 amide bonds. The van der Waals surface area contributed by atoms with Crippen molar-refractivity contribution >= 4 is 17.3 Å². The number of phenolic OH excluding ortho intramolecular Hbond substituents is 1. The first-order chi connectivity index (χ1) is 11.1. The topological polar surface area (TPSA) is 56.7 Å². The van der Waals surface area contributed by atoms with Crippen LogP contribution in [0, 0.1) is 11.7 Å². The highest BCUT2D eigenvalue weighted by Gasteiger charge is 2.07. The van der Waals surface area contributed by atoms with Crippen LogP contribution < -0.4 is 10.6 Å². The standard InChI is InChI=1S/C17H22FN3OS/c1-12(8-14-4-3-7-23-14)10-20-17(19-2)21-11-13-5-6-16(22)15(18)9-13/h3-7,9,12,22H,8,10-11H2,1-2H3,(H2,19,20,21). The van der Waals surface area contributed by atoms with Crippen molar-refractivity contribution in [2.75, 3.05) is 13.6 Å². The molecule has 6 heteroatoms. The number of nitrogens with zero attached hydrogens (tertiary/aromatic N) is 1. The lowest BCUT2D eigenvalue weighted by Crippen LogP contribution is -2.39. The minimum absolute atomic E-state index is 0.335. The number of thiophene rings is 1. The van der Waals surface area contributed by atoms with Crippen LogP contribution in [0.15, 0.2) is 40.7 Å². The third-order valence-corrected chi connectivity index (χ3v) is 4.34. The van der Waals surface area contributed by atoms with E-state index in [1.807, 2.05) is 0 Å². The lowest BCUT2D eigenvalue weighted by Gasteiger charge is -2.15. The van der Waals surface area contributed by atoms with Gasteiger partial charge in [0.2, 0.25) is 0 Å². The Morgan fingerprint density at radius 2 is 2.17 bits per heavy atom. The van der Waals surface area contributed by atoms with Crippen LogP contribution in [0.2, 0.25) is 0 Å². The summed E-state index contributed by atoms with van der Waals surface area (Å²) in [7, 11) is 1.71. The molecule has 0 saturated heterocycles. The molecule has 0 radical (unpaired) electrons. The van der Waals surface area contributed by atoms with E-state index in [2.05, 4.69) is 40.1 Å². The fourth-order valence-electron chi connectivity index (χ4n) is 2.18. The maximum atomic E-state index is 13.3. The minimum Gasteiger partial charge on any atom is -0.505 e. The van der Waals surface area contributed by atoms with Crippen LogP contribution in [0.5, 0.6) is 5.75 Å². The SMILES string of the molecule is CN=C(NCc1ccc(O)c(F)c1)NCC(C)Cc1cccs1. The third kappa shape index (κ3) is 5.56. The molecule has 1 atom stereocenters. The van der Waals surface area contributed by atoms with Gasteiger partial charge in [0.05, 0.1) is 0 Å². The van der Waals surface area contributed by atoms with E-state index < -0.39 is 5.82 Å². The van der Waals surface area contributed by atoms with Gasteiger partial charge in [-0.3, -0.25) is 4.99 Å². The van der Waals surface area contributed by atoms with Crippen LogP contribution in [0.25, 0.3) is 0 Å². The summed E-state index contributed by atoms with van der Waals surface area (Å²) in [4.78, 5) is 5.54. The number of hydrogen-bond acceptors (Lipinski definition) is 3. The van der Waals surface area contributed by atoms with Crippen molar-refractivity contribution < 1.29 is 9.50 Å². The van der Waals surface area contributed by atoms with Gasteiger partial charge in [0.25, 0.3) is 0 Å². The van der Waals surface area contributed by atoms with E-state index >= 15 is 0 Å². The smallest absolute Gasteiger partial charge is 0.191 e. The Labute approximate surface area is 140 Å². The summed E-state index contributed by atoms with van der Waals surface area (Å²) >= 11 is 1.77. The molecule has 2 aromatic rings. The molecule has 1 unspecified atom stereocenters. The summed E-state index contributed by atoms with van der Waals surface area (Å²) in [6, 6.07) is 8.56. The van der Waals surface area contributed by atoms with Crippen LogP contribution in [0.1, 0.15) is 17.4 Å². The summed E-state index contributed by atoms with van der Waals surface area (Å²) in [6.45, 7) is 3.44. The normalized spacial score (nSPS) is 12.9. The summed E-state index contributed by atoms with van der Waals surface area (Å²) < 4.78 is 13.3. The molecule has 0 bridgehead atoms. The van der Waals surface area contributed by atoms with Gasteiger partial charge in [0.1, 0.15) is 0 Å². The molecule has 124 valence electrons. The van der Waals surface area contributed by atoms with Gasteiger partial charge in [0.15, 0.2) is 17.5 Å². The number of nitrogens with one attached hydrogen (secondary N) is 2. The maximum absolute atomic E-state index is 13.3. The molecule has 1 aromatic carbocycles. The monoisotopic (exact) mass is 335 g/mol. The summed E-state index contributed by atoms with van der Waals surface area (Å²) in [5.41, 5.74) is 0.745. The summed E-state index contributed by atoms with van der Waals surface area (Å²) in [6.07, 6.45) is 1.03. The second-order valence-electron chi connectivity index (χ2n) is 5.48. The molecule has 4 nitrogen and oxygen atoms in total. The van der Waals surface area contributed by atoms with Crippen LogP contribution >= 0.6 is 11.3 Å². The van der Waals surface area contributed by atoms with E-state index in [4.69, 9.17) is 0 Å². The van der Waals surface area contributed by atoms with Crippen LogP contribution in [0.4, 0.5) is 4.39 Å². The van der Waals surface area contributed by atoms with Crippen molar-refractivity contribution in [1.82, 2.24) is 10.6 Å². The second kappa shape index (κ2) is 8.53. The number of guanidine groups is 1. The number of phenols is 1. The van der Waals surface area contributed by atoms with Gasteiger partial charge >= 0.3 is 0 Å². The van der Waals surface area contributed by atoms with Crippen molar-refractivity contribution in [3.8, 4) is 5.75 Å². The number of rotatable bonds is 6. The lowest BCUT2D eigenvalue weighted by atomic mass is 10.1. The van der Waals surface area contributed by atoms with Crippen molar-refractivity contribution in [3.63, 3.8) is 0 Å². The molecule has 0 fully saturated rings. The number of halogens is 1. The molecule has 1 heterocycles. The Morgan fingerprint density at radius 1 is 1.35 bits per heavy atom. The molecule has 23 heavy (non-hydrogen) atoms. The zero-order valence-corrected chi connectivity index (χ0v) is 14.2. The number of aromatic hydroxyl groups is 1. The first-order valence-electron chi connectivity index (χ1n) is 7.52. The largest absolute Gasteiger partial charge is 0.505 e. The van der Waals surface area contributed by atoms with Gasteiger partial charge in [-0.15, -0.1) is 11.3 Å². The molecule has 0 aliphatic carbocycles. The molecule has 0 saturated carbocycles. The predicted molar refractivity (Wildman–Crippen MR) is 93.5 cm³/mol. The molecule has 0 aliphatic heterocycles. The van der Waals surface area contributed by atoms with E-state index in [1.54, 1.807) is 24.5 Å². The highest BCUT2D eigenvalue weighted by Crippen LogP contribution is 2.16. The first-order valence-corrected chi connectivity index (χ1v) is 8.40. The quantitative estimate of drug-likeness (QED) is 0.561. The molecule has 0 aliphatic rings. The zero-order valence-electron chi connectivity index (χ0n) is 13.3. The van der Waals surface area contributed by atoms with Gasteiger partial charge in [-0.05, 0) is 41.5 Å². The zero-order chi connectivity index (χ0) is 16.7. The summed E-state index contributed by atoms with van der Waals surface area (Å²) in [5, 5.41) is 17.7. The molecular formula is C17H22FN3OS. The summed E-state index contributed by atoms with van der Waals surface area (Å²) in [5.74, 6) is 0.213. The molecule has 3 N–H and O–H groups in total. The Morgan fingerprint density at radius 3 is 2.83 bits per heavy atom. The second-order valence-corrected chi connectivity index (χ2v) is 6.51. The van der Waals surface area contributed by atoms with E-state index in [-0.39, 0.29) is 5.75 Å². The van der Waals surface area contributed by atoms with Gasteiger partial charge < -0.3 is 15.7 Å². The van der Waals surface area contributed by atoms with Gasteiger partial charge in [0, 0.05) is 25.0 Å². The number of benzene rings is 1. The van der Waals surface area contributed by atoms with Crippen molar-refractivity contribution in [2.45, 2.75) is 19.9 Å². The third-order valence-electron chi connectivity index (χ3n) is 3.44. The van der Waals surface area contributed by atoms with Crippen LogP contribution in [0.3, 0.4) is 0 Å². The molecule has 0 spiro atoms. The predicted octanol–water partition coefficient (Wildman–Crippen LogP) is 3.14. The van der Waals surface area contributed by atoms with E-state index in [0.29, 0.717) is 18.4 Å². The fourth-order valence-corrected chi connectivity index (χ4v) is 3.05. The number of aliphatic imine (C=N–C) groups is 1. The number of hydrogen-bond donors (Lipinski definition) is 3. The van der Waals surface area contributed by atoms with Crippen molar-refractivity contribution in [2.24, 2.45) is 10.9 Å². The Bertz CT molecular complexity index is 643. The Kier molecular flexibility index (Phi) is 6.40. The van der Waals surface area contributed by atoms with Gasteiger partial charge in [-0.1, -0.05) is 19.1 Å². The van der Waals surface area contributed by atoms with Crippen molar-refractivity contribution in [3.05, 3.63) is 52.0 Å². The average molecular weight is 335 g/mol. The Balaban J connectivity index is 1.77. The van der Waals surface area contributed by atoms with Crippen LogP contribution in [-0.4, -0.2) is 24.7 Å². The van der Waals surface area contributed by atoms with Crippen molar-refractivity contribution in [1.29, 1.82) is 0 Å². The van der Waals surface area contributed by atoms with E-state index in [0.717, 1.165) is 18.5 Å². The van der Waals surface area contributed by atoms with E-state index in [1.165, 1.54) is 17.0 Å². The van der Waals surface area contributed by atoms with Gasteiger partial charge in [-0.2, -0.15) is 0 Å². The first kappa shape index (κ1) is 17.3. The molecular weight excluding hydrogens is 313 g/mol. The highest BCUT2D eigenvalue weighted by atomic mass is 32.1. The van der Waals surface area contributed by atoms with Gasteiger partial charge in [-0.25, -0.2) is 4.39 Å². The fraction of sp³-hybridized carbons (Fsp3) is 0.353. The maximum Gasteiger partial charge on any atom is 0.191 e. The highest BCUT2D eigenvalue weighted by molar-refractivity contribution is 7.09. The molecule has 1 aromatic heterocycles. The average Bonchev–Trinajstić information content (AvgIpc) is 3.03.